The second kappa shape index (κ2) is 6.62. The maximum Gasteiger partial charge on any atom is 0.119 e. The van der Waals surface area contributed by atoms with Crippen molar-refractivity contribution in [3.8, 4) is 5.75 Å². The minimum absolute atomic E-state index is 0.614. The normalized spacial score (nSPS) is 29.6. The molecule has 3 rings (SSSR count). The molecule has 1 aromatic carbocycles. The van der Waals surface area contributed by atoms with Crippen LogP contribution in [0.1, 0.15) is 38.5 Å². The number of ether oxygens (including phenoxy) is 1. The smallest absolute Gasteiger partial charge is 0.119 e. The predicted molar refractivity (Wildman–Crippen MR) is 83.0 cm³/mol. The van der Waals surface area contributed by atoms with E-state index in [0.717, 1.165) is 36.5 Å². The maximum atomic E-state index is 5.82. The van der Waals surface area contributed by atoms with Gasteiger partial charge in [0.05, 0.1) is 6.61 Å². The van der Waals surface area contributed by atoms with Gasteiger partial charge in [0.1, 0.15) is 5.75 Å². The number of para-hydroxylation sites is 1. The number of hydrogen-bond acceptors (Lipinski definition) is 2. The summed E-state index contributed by atoms with van der Waals surface area (Å²) in [6.45, 7) is 0.816. The second-order valence-corrected chi connectivity index (χ2v) is 6.61. The van der Waals surface area contributed by atoms with E-state index >= 15 is 0 Å². The molecule has 2 nitrogen and oxygen atoms in total. The standard InChI is InChI=1S/C18H27NO/c1-19-17(9-10-20-18-5-3-2-4-6-18)13-16-12-14-7-8-15(16)11-14/h2-6,14-17,19H,7-13H2,1H3. The Balaban J connectivity index is 1.41. The zero-order valence-electron chi connectivity index (χ0n) is 12.6. The molecule has 0 aromatic heterocycles. The molecule has 0 saturated heterocycles. The van der Waals surface area contributed by atoms with E-state index in [-0.39, 0.29) is 0 Å². The van der Waals surface area contributed by atoms with Crippen LogP contribution in [-0.4, -0.2) is 19.7 Å². The van der Waals surface area contributed by atoms with E-state index in [9.17, 15) is 0 Å². The number of hydrogen-bond donors (Lipinski definition) is 1. The molecule has 2 aliphatic carbocycles. The molecule has 0 radical (unpaired) electrons. The van der Waals surface area contributed by atoms with Crippen molar-refractivity contribution in [1.82, 2.24) is 5.32 Å². The topological polar surface area (TPSA) is 21.3 Å². The highest BCUT2D eigenvalue weighted by Gasteiger charge is 2.39. The summed E-state index contributed by atoms with van der Waals surface area (Å²) in [5.41, 5.74) is 0. The number of rotatable bonds is 7. The van der Waals surface area contributed by atoms with Crippen molar-refractivity contribution in [2.45, 2.75) is 44.6 Å². The van der Waals surface area contributed by atoms with Gasteiger partial charge in [0.2, 0.25) is 0 Å². The van der Waals surface area contributed by atoms with E-state index in [1.54, 1.807) is 0 Å². The largest absolute Gasteiger partial charge is 0.494 e. The first-order valence-electron chi connectivity index (χ1n) is 8.20. The van der Waals surface area contributed by atoms with Crippen LogP contribution in [-0.2, 0) is 0 Å². The molecular formula is C18H27NO. The van der Waals surface area contributed by atoms with Crippen LogP contribution in [0.2, 0.25) is 0 Å². The van der Waals surface area contributed by atoms with Gasteiger partial charge in [-0.1, -0.05) is 24.6 Å². The van der Waals surface area contributed by atoms with Gasteiger partial charge in [-0.15, -0.1) is 0 Å². The van der Waals surface area contributed by atoms with Crippen LogP contribution in [0.5, 0.6) is 5.75 Å². The second-order valence-electron chi connectivity index (χ2n) is 6.61. The van der Waals surface area contributed by atoms with Crippen molar-refractivity contribution in [3.63, 3.8) is 0 Å². The lowest BCUT2D eigenvalue weighted by Gasteiger charge is -2.26. The van der Waals surface area contributed by atoms with Crippen molar-refractivity contribution < 1.29 is 4.74 Å². The summed E-state index contributed by atoms with van der Waals surface area (Å²) in [4.78, 5) is 0. The van der Waals surface area contributed by atoms with E-state index in [1.165, 1.54) is 32.1 Å². The molecule has 0 spiro atoms. The summed E-state index contributed by atoms with van der Waals surface area (Å²) in [7, 11) is 2.10. The van der Waals surface area contributed by atoms with Gasteiger partial charge >= 0.3 is 0 Å². The minimum Gasteiger partial charge on any atom is -0.494 e. The third-order valence-corrected chi connectivity index (χ3v) is 5.36. The molecule has 1 N–H and O–H groups in total. The molecule has 2 fully saturated rings. The quantitative estimate of drug-likeness (QED) is 0.814. The van der Waals surface area contributed by atoms with Crippen LogP contribution >= 0.6 is 0 Å². The zero-order chi connectivity index (χ0) is 13.8. The fourth-order valence-corrected chi connectivity index (χ4v) is 4.25. The molecule has 1 aromatic rings. The first-order chi connectivity index (χ1) is 9.85. The number of benzene rings is 1. The fraction of sp³-hybridized carbons (Fsp3) is 0.667. The molecule has 110 valence electrons. The van der Waals surface area contributed by atoms with E-state index in [4.69, 9.17) is 4.74 Å². The monoisotopic (exact) mass is 273 g/mol. The highest BCUT2D eigenvalue weighted by atomic mass is 16.5. The molecule has 20 heavy (non-hydrogen) atoms. The maximum absolute atomic E-state index is 5.82. The molecule has 2 saturated carbocycles. The van der Waals surface area contributed by atoms with Crippen molar-refractivity contribution in [2.24, 2.45) is 17.8 Å². The van der Waals surface area contributed by atoms with Gasteiger partial charge in [-0.25, -0.2) is 0 Å². The molecule has 2 bridgehead atoms. The number of fused-ring (bicyclic) bond motifs is 2. The lowest BCUT2D eigenvalue weighted by atomic mass is 9.83. The molecule has 4 atom stereocenters. The average molecular weight is 273 g/mol. The third-order valence-electron chi connectivity index (χ3n) is 5.36. The van der Waals surface area contributed by atoms with Gasteiger partial charge in [0, 0.05) is 6.04 Å². The van der Waals surface area contributed by atoms with Gasteiger partial charge in [-0.05, 0) is 69.0 Å². The van der Waals surface area contributed by atoms with Crippen molar-refractivity contribution in [1.29, 1.82) is 0 Å². The molecule has 0 aliphatic heterocycles. The van der Waals surface area contributed by atoms with Crippen molar-refractivity contribution in [2.75, 3.05) is 13.7 Å². The Morgan fingerprint density at radius 3 is 2.70 bits per heavy atom. The lowest BCUT2D eigenvalue weighted by Crippen LogP contribution is -2.31. The van der Waals surface area contributed by atoms with Crippen LogP contribution in [0.3, 0.4) is 0 Å². The Morgan fingerprint density at radius 2 is 2.05 bits per heavy atom. The Hall–Kier alpha value is -1.02. The SMILES string of the molecule is CNC(CCOc1ccccc1)CC1CC2CCC1C2. The van der Waals surface area contributed by atoms with Gasteiger partial charge in [-0.2, -0.15) is 0 Å². The van der Waals surface area contributed by atoms with Crippen molar-refractivity contribution >= 4 is 0 Å². The van der Waals surface area contributed by atoms with Crippen molar-refractivity contribution in [3.05, 3.63) is 30.3 Å². The summed E-state index contributed by atoms with van der Waals surface area (Å²) >= 11 is 0. The van der Waals surface area contributed by atoms with Gasteiger partial charge in [0.15, 0.2) is 0 Å². The predicted octanol–water partition coefficient (Wildman–Crippen LogP) is 3.87. The Kier molecular flexibility index (Phi) is 4.62. The van der Waals surface area contributed by atoms with Crippen LogP contribution in [0.25, 0.3) is 0 Å². The highest BCUT2D eigenvalue weighted by molar-refractivity contribution is 5.20. The third kappa shape index (κ3) is 3.35. The van der Waals surface area contributed by atoms with Gasteiger partial charge in [0.25, 0.3) is 0 Å². The minimum atomic E-state index is 0.614. The van der Waals surface area contributed by atoms with Gasteiger partial charge in [-0.3, -0.25) is 0 Å². The molecule has 0 amide bonds. The highest BCUT2D eigenvalue weighted by Crippen LogP contribution is 2.49. The molecule has 4 unspecified atom stereocenters. The zero-order valence-corrected chi connectivity index (χ0v) is 12.6. The van der Waals surface area contributed by atoms with E-state index < -0.39 is 0 Å². The van der Waals surface area contributed by atoms with Crippen LogP contribution in [0, 0.1) is 17.8 Å². The fourth-order valence-electron chi connectivity index (χ4n) is 4.25. The number of nitrogens with one attached hydrogen (secondary N) is 1. The van der Waals surface area contributed by atoms with Gasteiger partial charge < -0.3 is 10.1 Å². The van der Waals surface area contributed by atoms with Crippen LogP contribution in [0.4, 0.5) is 0 Å². The molecule has 0 heterocycles. The Bertz CT molecular complexity index is 405. The summed E-state index contributed by atoms with van der Waals surface area (Å²) < 4.78 is 5.82. The summed E-state index contributed by atoms with van der Waals surface area (Å²) in [5.74, 6) is 4.05. The molecular weight excluding hydrogens is 246 g/mol. The van der Waals surface area contributed by atoms with E-state index in [2.05, 4.69) is 12.4 Å². The summed E-state index contributed by atoms with van der Waals surface area (Å²) in [5, 5.41) is 3.49. The Morgan fingerprint density at radius 1 is 1.20 bits per heavy atom. The van der Waals surface area contributed by atoms with E-state index in [1.807, 2.05) is 30.3 Å². The lowest BCUT2D eigenvalue weighted by molar-refractivity contribution is 0.243. The van der Waals surface area contributed by atoms with Crippen LogP contribution < -0.4 is 10.1 Å². The first-order valence-corrected chi connectivity index (χ1v) is 8.20. The molecule has 2 heteroatoms. The summed E-state index contributed by atoms with van der Waals surface area (Å²) in [6.07, 6.45) is 8.45. The summed E-state index contributed by atoms with van der Waals surface area (Å²) in [6, 6.07) is 10.8. The van der Waals surface area contributed by atoms with E-state index in [0.29, 0.717) is 6.04 Å². The van der Waals surface area contributed by atoms with Crippen LogP contribution in [0.15, 0.2) is 30.3 Å². The first kappa shape index (κ1) is 13.9. The Labute approximate surface area is 122 Å². The molecule has 2 aliphatic rings. The average Bonchev–Trinajstić information content (AvgIpc) is 3.10.